The number of hydrogen-bond donors (Lipinski definition) is 2. The van der Waals surface area contributed by atoms with Crippen molar-refractivity contribution < 1.29 is 22.7 Å². The lowest BCUT2D eigenvalue weighted by Crippen LogP contribution is -2.21. The number of hydrogen-bond acceptors (Lipinski definition) is 2. The van der Waals surface area contributed by atoms with Gasteiger partial charge in [0.1, 0.15) is 5.82 Å². The van der Waals surface area contributed by atoms with Crippen LogP contribution in [0, 0.1) is 11.2 Å². The summed E-state index contributed by atoms with van der Waals surface area (Å²) in [5, 5.41) is 9.19. The van der Waals surface area contributed by atoms with E-state index < -0.39 is 23.0 Å². The Morgan fingerprint density at radius 2 is 2.00 bits per heavy atom. The molecular weight excluding hydrogens is 250 g/mol. The van der Waals surface area contributed by atoms with Gasteiger partial charge < -0.3 is 10.8 Å². The zero-order valence-corrected chi connectivity index (χ0v) is 9.47. The molecule has 1 aromatic carbocycles. The van der Waals surface area contributed by atoms with Crippen LogP contribution in [0.2, 0.25) is 0 Å². The summed E-state index contributed by atoms with van der Waals surface area (Å²) < 4.78 is 50.9. The van der Waals surface area contributed by atoms with Crippen LogP contribution in [-0.4, -0.2) is 18.3 Å². The van der Waals surface area contributed by atoms with Crippen LogP contribution in [0.15, 0.2) is 18.2 Å². The number of rotatable bonds is 3. The van der Waals surface area contributed by atoms with E-state index in [1.807, 2.05) is 0 Å². The SMILES string of the molecule is NCC1(CO)CC1c1cc(F)cc(C(F)(F)F)c1. The number of benzene rings is 1. The van der Waals surface area contributed by atoms with E-state index in [0.717, 1.165) is 12.1 Å². The minimum Gasteiger partial charge on any atom is -0.396 e. The van der Waals surface area contributed by atoms with Gasteiger partial charge in [-0.25, -0.2) is 4.39 Å². The van der Waals surface area contributed by atoms with Crippen LogP contribution in [0.25, 0.3) is 0 Å². The maximum absolute atomic E-state index is 13.2. The van der Waals surface area contributed by atoms with E-state index in [9.17, 15) is 22.7 Å². The van der Waals surface area contributed by atoms with E-state index in [2.05, 4.69) is 0 Å². The lowest BCUT2D eigenvalue weighted by Gasteiger charge is -2.13. The van der Waals surface area contributed by atoms with Crippen molar-refractivity contribution in [3.8, 4) is 0 Å². The molecule has 1 aliphatic carbocycles. The van der Waals surface area contributed by atoms with Crippen molar-refractivity contribution in [2.75, 3.05) is 13.2 Å². The molecular formula is C12H13F4NO. The zero-order chi connectivity index (χ0) is 13.6. The largest absolute Gasteiger partial charge is 0.416 e. The number of halogens is 4. The Morgan fingerprint density at radius 1 is 1.33 bits per heavy atom. The molecule has 2 nitrogen and oxygen atoms in total. The Balaban J connectivity index is 2.34. The molecule has 0 spiro atoms. The Labute approximate surface area is 101 Å². The molecule has 0 aromatic heterocycles. The molecule has 1 aromatic rings. The van der Waals surface area contributed by atoms with Crippen LogP contribution in [0.3, 0.4) is 0 Å². The van der Waals surface area contributed by atoms with Gasteiger partial charge in [-0.05, 0) is 36.1 Å². The summed E-state index contributed by atoms with van der Waals surface area (Å²) in [4.78, 5) is 0. The molecule has 1 fully saturated rings. The van der Waals surface area contributed by atoms with Crippen molar-refractivity contribution in [2.24, 2.45) is 11.1 Å². The summed E-state index contributed by atoms with van der Waals surface area (Å²) in [6.45, 7) is -0.0297. The van der Waals surface area contributed by atoms with Crippen LogP contribution in [0.4, 0.5) is 17.6 Å². The Morgan fingerprint density at radius 3 is 2.44 bits per heavy atom. The second kappa shape index (κ2) is 4.20. The van der Waals surface area contributed by atoms with Gasteiger partial charge in [0.25, 0.3) is 0 Å². The van der Waals surface area contributed by atoms with E-state index in [0.29, 0.717) is 12.5 Å². The first-order chi connectivity index (χ1) is 8.32. The molecule has 2 rings (SSSR count). The standard InChI is InChI=1S/C12H13F4NO/c13-9-2-7(1-8(3-9)12(14,15)16)10-4-11(10,5-17)6-18/h1-3,10,18H,4-6,17H2. The molecule has 0 aliphatic heterocycles. The van der Waals surface area contributed by atoms with Crippen LogP contribution in [0.1, 0.15) is 23.5 Å². The maximum atomic E-state index is 13.2. The van der Waals surface area contributed by atoms with Crippen LogP contribution in [0.5, 0.6) is 0 Å². The molecule has 0 saturated heterocycles. The zero-order valence-electron chi connectivity index (χ0n) is 9.47. The van der Waals surface area contributed by atoms with Crippen molar-refractivity contribution in [1.82, 2.24) is 0 Å². The molecule has 100 valence electrons. The van der Waals surface area contributed by atoms with Gasteiger partial charge >= 0.3 is 6.18 Å². The normalized spacial score (nSPS) is 27.3. The van der Waals surface area contributed by atoms with Gasteiger partial charge in [-0.1, -0.05) is 0 Å². The molecule has 1 saturated carbocycles. The lowest BCUT2D eigenvalue weighted by molar-refractivity contribution is -0.137. The first-order valence-electron chi connectivity index (χ1n) is 5.51. The monoisotopic (exact) mass is 263 g/mol. The van der Waals surface area contributed by atoms with E-state index in [1.54, 1.807) is 0 Å². The quantitative estimate of drug-likeness (QED) is 0.822. The van der Waals surface area contributed by atoms with Crippen LogP contribution in [-0.2, 0) is 6.18 Å². The summed E-state index contributed by atoms with van der Waals surface area (Å²) in [6, 6.07) is 2.47. The number of aliphatic hydroxyl groups excluding tert-OH is 1. The van der Waals surface area contributed by atoms with Crippen LogP contribution >= 0.6 is 0 Å². The third-order valence-corrected chi connectivity index (χ3v) is 3.56. The number of alkyl halides is 3. The third-order valence-electron chi connectivity index (χ3n) is 3.56. The third kappa shape index (κ3) is 2.22. The molecule has 0 radical (unpaired) electrons. The second-order valence-electron chi connectivity index (χ2n) is 4.75. The molecule has 3 N–H and O–H groups in total. The summed E-state index contributed by atoms with van der Waals surface area (Å²) in [5.74, 6) is -1.22. The predicted molar refractivity (Wildman–Crippen MR) is 57.3 cm³/mol. The van der Waals surface area contributed by atoms with Gasteiger partial charge in [-0.3, -0.25) is 0 Å². The molecule has 0 heterocycles. The van der Waals surface area contributed by atoms with Crippen molar-refractivity contribution in [1.29, 1.82) is 0 Å². The average molecular weight is 263 g/mol. The van der Waals surface area contributed by atoms with Gasteiger partial charge in [0.15, 0.2) is 0 Å². The second-order valence-corrected chi connectivity index (χ2v) is 4.75. The number of aliphatic hydroxyl groups is 1. The van der Waals surface area contributed by atoms with E-state index >= 15 is 0 Å². The van der Waals surface area contributed by atoms with Crippen molar-refractivity contribution in [3.63, 3.8) is 0 Å². The summed E-state index contributed by atoms with van der Waals surface area (Å²) in [7, 11) is 0. The van der Waals surface area contributed by atoms with E-state index in [1.165, 1.54) is 0 Å². The van der Waals surface area contributed by atoms with E-state index in [4.69, 9.17) is 5.73 Å². The van der Waals surface area contributed by atoms with Gasteiger partial charge in [0.2, 0.25) is 0 Å². The van der Waals surface area contributed by atoms with Crippen molar-refractivity contribution in [2.45, 2.75) is 18.5 Å². The average Bonchev–Trinajstić information content (AvgIpc) is 3.02. The summed E-state index contributed by atoms with van der Waals surface area (Å²) in [6.07, 6.45) is -4.09. The highest BCUT2D eigenvalue weighted by atomic mass is 19.4. The fourth-order valence-corrected chi connectivity index (χ4v) is 2.26. The molecule has 6 heteroatoms. The van der Waals surface area contributed by atoms with E-state index in [-0.39, 0.29) is 24.6 Å². The van der Waals surface area contributed by atoms with Gasteiger partial charge in [-0.2, -0.15) is 13.2 Å². The Bertz CT molecular complexity index is 454. The predicted octanol–water partition coefficient (Wildman–Crippen LogP) is 2.27. The molecule has 18 heavy (non-hydrogen) atoms. The summed E-state index contributed by atoms with van der Waals surface area (Å²) in [5.41, 5.74) is 4.15. The Hall–Kier alpha value is -1.14. The van der Waals surface area contributed by atoms with Gasteiger partial charge in [-0.15, -0.1) is 0 Å². The van der Waals surface area contributed by atoms with Gasteiger partial charge in [0.05, 0.1) is 12.2 Å². The fourth-order valence-electron chi connectivity index (χ4n) is 2.26. The lowest BCUT2D eigenvalue weighted by atomic mass is 9.98. The highest BCUT2D eigenvalue weighted by Crippen LogP contribution is 2.58. The smallest absolute Gasteiger partial charge is 0.396 e. The molecule has 1 aliphatic rings. The highest BCUT2D eigenvalue weighted by Gasteiger charge is 2.53. The Kier molecular flexibility index (Phi) is 3.11. The first-order valence-corrected chi connectivity index (χ1v) is 5.51. The number of nitrogens with two attached hydrogens (primary N) is 1. The molecule has 2 atom stereocenters. The highest BCUT2D eigenvalue weighted by molar-refractivity contribution is 5.35. The van der Waals surface area contributed by atoms with Crippen molar-refractivity contribution in [3.05, 3.63) is 35.1 Å². The van der Waals surface area contributed by atoms with Crippen molar-refractivity contribution >= 4 is 0 Å². The van der Waals surface area contributed by atoms with Crippen LogP contribution < -0.4 is 5.73 Å². The minimum absolute atomic E-state index is 0.173. The summed E-state index contributed by atoms with van der Waals surface area (Å²) >= 11 is 0. The molecule has 0 bridgehead atoms. The van der Waals surface area contributed by atoms with Gasteiger partial charge in [0, 0.05) is 12.0 Å². The fraction of sp³-hybridized carbons (Fsp3) is 0.500. The molecule has 0 amide bonds. The maximum Gasteiger partial charge on any atom is 0.416 e. The first kappa shape index (κ1) is 13.3. The molecule has 2 unspecified atom stereocenters. The minimum atomic E-state index is -4.57. The topological polar surface area (TPSA) is 46.2 Å².